The van der Waals surface area contributed by atoms with Gasteiger partial charge < -0.3 is 10.2 Å². The zero-order valence-corrected chi connectivity index (χ0v) is 15.4. The molecule has 0 aliphatic heterocycles. The molecular weight excluding hydrogens is 371 g/mol. The van der Waals surface area contributed by atoms with Crippen LogP contribution in [-0.2, 0) is 13.0 Å². The summed E-state index contributed by atoms with van der Waals surface area (Å²) in [4.78, 5) is 12.2. The molecule has 1 aromatic heterocycles. The number of aliphatic imine (C=N–C) groups is 1. The Bertz CT molecular complexity index is 378. The van der Waals surface area contributed by atoms with Crippen LogP contribution in [0.5, 0.6) is 0 Å². The van der Waals surface area contributed by atoms with Crippen molar-refractivity contribution in [2.75, 3.05) is 20.6 Å². The number of nitrogens with zero attached hydrogens (tertiary/aromatic N) is 3. The van der Waals surface area contributed by atoms with Crippen molar-refractivity contribution in [1.29, 1.82) is 0 Å². The maximum atomic E-state index is 4.40. The molecule has 0 radical (unpaired) electrons. The van der Waals surface area contributed by atoms with Gasteiger partial charge in [-0.25, -0.2) is 4.98 Å². The lowest BCUT2D eigenvalue weighted by Gasteiger charge is -2.21. The van der Waals surface area contributed by atoms with Crippen molar-refractivity contribution in [1.82, 2.24) is 15.2 Å². The standard InChI is InChI=1S/C13H24N4S.HI/c1-5-7-8-17(4)13(14-3)16-10-12-15-9-11(6-2)18-12;/h9H,5-8,10H2,1-4H3,(H,14,16);1H. The van der Waals surface area contributed by atoms with E-state index in [1.54, 1.807) is 11.3 Å². The fourth-order valence-corrected chi connectivity index (χ4v) is 2.44. The summed E-state index contributed by atoms with van der Waals surface area (Å²) in [7, 11) is 3.90. The summed E-state index contributed by atoms with van der Waals surface area (Å²) < 4.78 is 0. The fourth-order valence-electron chi connectivity index (χ4n) is 1.63. The molecule has 110 valence electrons. The lowest BCUT2D eigenvalue weighted by atomic mass is 10.3. The van der Waals surface area contributed by atoms with Crippen molar-refractivity contribution in [3.05, 3.63) is 16.1 Å². The van der Waals surface area contributed by atoms with E-state index >= 15 is 0 Å². The van der Waals surface area contributed by atoms with Gasteiger partial charge >= 0.3 is 0 Å². The maximum absolute atomic E-state index is 4.40. The van der Waals surface area contributed by atoms with Gasteiger partial charge in [0.15, 0.2) is 5.96 Å². The number of halogens is 1. The minimum atomic E-state index is 0. The molecule has 1 aromatic rings. The molecule has 0 saturated heterocycles. The van der Waals surface area contributed by atoms with E-state index < -0.39 is 0 Å². The van der Waals surface area contributed by atoms with Gasteiger partial charge in [0.2, 0.25) is 0 Å². The molecule has 0 aromatic carbocycles. The van der Waals surface area contributed by atoms with Gasteiger partial charge in [0.05, 0.1) is 6.54 Å². The smallest absolute Gasteiger partial charge is 0.193 e. The molecule has 0 unspecified atom stereocenters. The van der Waals surface area contributed by atoms with E-state index in [9.17, 15) is 0 Å². The average Bonchev–Trinajstić information content (AvgIpc) is 2.85. The van der Waals surface area contributed by atoms with Crippen LogP contribution in [0.15, 0.2) is 11.2 Å². The van der Waals surface area contributed by atoms with Gasteiger partial charge in [-0.15, -0.1) is 35.3 Å². The highest BCUT2D eigenvalue weighted by Gasteiger charge is 2.06. The molecule has 1 rings (SSSR count). The van der Waals surface area contributed by atoms with E-state index in [-0.39, 0.29) is 24.0 Å². The maximum Gasteiger partial charge on any atom is 0.193 e. The lowest BCUT2D eigenvalue weighted by Crippen LogP contribution is -2.38. The summed E-state index contributed by atoms with van der Waals surface area (Å²) in [6.07, 6.45) is 5.41. The van der Waals surface area contributed by atoms with Crippen molar-refractivity contribution >= 4 is 41.3 Å². The summed E-state index contributed by atoms with van der Waals surface area (Å²) in [6, 6.07) is 0. The van der Waals surface area contributed by atoms with Crippen LogP contribution < -0.4 is 5.32 Å². The molecule has 1 N–H and O–H groups in total. The molecule has 0 saturated carbocycles. The number of aromatic nitrogens is 1. The summed E-state index contributed by atoms with van der Waals surface area (Å²) in [5.41, 5.74) is 0. The minimum absolute atomic E-state index is 0. The van der Waals surface area contributed by atoms with Crippen LogP contribution in [0.25, 0.3) is 0 Å². The molecule has 4 nitrogen and oxygen atoms in total. The third-order valence-electron chi connectivity index (χ3n) is 2.77. The number of hydrogen-bond acceptors (Lipinski definition) is 3. The van der Waals surface area contributed by atoms with Gasteiger partial charge in [-0.3, -0.25) is 4.99 Å². The fraction of sp³-hybridized carbons (Fsp3) is 0.692. The normalized spacial score (nSPS) is 11.1. The number of rotatable bonds is 6. The van der Waals surface area contributed by atoms with Gasteiger partial charge in [-0.1, -0.05) is 20.3 Å². The van der Waals surface area contributed by atoms with Crippen LogP contribution in [-0.4, -0.2) is 36.5 Å². The molecule has 0 aliphatic carbocycles. The van der Waals surface area contributed by atoms with Crippen molar-refractivity contribution in [2.24, 2.45) is 4.99 Å². The van der Waals surface area contributed by atoms with E-state index in [0.717, 1.165) is 30.5 Å². The van der Waals surface area contributed by atoms with Gasteiger partial charge in [0.1, 0.15) is 5.01 Å². The first kappa shape index (κ1) is 18.6. The highest BCUT2D eigenvalue weighted by Crippen LogP contribution is 2.12. The molecule has 0 amide bonds. The first-order valence-corrected chi connectivity index (χ1v) is 7.38. The topological polar surface area (TPSA) is 40.5 Å². The van der Waals surface area contributed by atoms with Crippen LogP contribution in [0.1, 0.15) is 36.6 Å². The molecule has 0 fully saturated rings. The molecule has 6 heteroatoms. The first-order chi connectivity index (χ1) is 8.71. The second kappa shape index (κ2) is 10.4. The average molecular weight is 396 g/mol. The summed E-state index contributed by atoms with van der Waals surface area (Å²) in [5, 5.41) is 4.48. The highest BCUT2D eigenvalue weighted by atomic mass is 127. The summed E-state index contributed by atoms with van der Waals surface area (Å²) in [6.45, 7) is 6.15. The predicted octanol–water partition coefficient (Wildman–Crippen LogP) is 3.13. The zero-order chi connectivity index (χ0) is 13.4. The zero-order valence-electron chi connectivity index (χ0n) is 12.3. The molecule has 0 atom stereocenters. The number of thiazole rings is 1. The van der Waals surface area contributed by atoms with Crippen LogP contribution >= 0.6 is 35.3 Å². The van der Waals surface area contributed by atoms with Crippen molar-refractivity contribution in [3.63, 3.8) is 0 Å². The Morgan fingerprint density at radius 1 is 1.47 bits per heavy atom. The molecule has 0 spiro atoms. The minimum Gasteiger partial charge on any atom is -0.350 e. The quantitative estimate of drug-likeness (QED) is 0.456. The largest absolute Gasteiger partial charge is 0.350 e. The molecule has 0 aliphatic rings. The second-order valence-electron chi connectivity index (χ2n) is 4.25. The Labute approximate surface area is 137 Å². The Morgan fingerprint density at radius 3 is 2.74 bits per heavy atom. The number of guanidine groups is 1. The van der Waals surface area contributed by atoms with Crippen molar-refractivity contribution < 1.29 is 0 Å². The monoisotopic (exact) mass is 396 g/mol. The number of hydrogen-bond donors (Lipinski definition) is 1. The Morgan fingerprint density at radius 2 is 2.21 bits per heavy atom. The van der Waals surface area contributed by atoms with Gasteiger partial charge in [0, 0.05) is 31.7 Å². The third-order valence-corrected chi connectivity index (χ3v) is 3.91. The number of aryl methyl sites for hydroxylation is 1. The van der Waals surface area contributed by atoms with E-state index in [1.807, 2.05) is 13.2 Å². The number of unbranched alkanes of at least 4 members (excludes halogenated alkanes) is 1. The molecule has 1 heterocycles. The lowest BCUT2D eigenvalue weighted by molar-refractivity contribution is 0.464. The molecule has 0 bridgehead atoms. The Hall–Kier alpha value is -0.370. The predicted molar refractivity (Wildman–Crippen MR) is 94.6 cm³/mol. The van der Waals surface area contributed by atoms with E-state index in [1.165, 1.54) is 17.7 Å². The summed E-state index contributed by atoms with van der Waals surface area (Å²) in [5.74, 6) is 0.941. The van der Waals surface area contributed by atoms with Crippen LogP contribution in [0.4, 0.5) is 0 Å². The van der Waals surface area contributed by atoms with Crippen molar-refractivity contribution in [3.8, 4) is 0 Å². The number of nitrogens with one attached hydrogen (secondary N) is 1. The Kier molecular flexibility index (Phi) is 10.2. The highest BCUT2D eigenvalue weighted by molar-refractivity contribution is 14.0. The third kappa shape index (κ3) is 6.56. The van der Waals surface area contributed by atoms with E-state index in [0.29, 0.717) is 0 Å². The first-order valence-electron chi connectivity index (χ1n) is 6.56. The Balaban J connectivity index is 0.00000324. The van der Waals surface area contributed by atoms with Crippen LogP contribution in [0.2, 0.25) is 0 Å². The second-order valence-corrected chi connectivity index (χ2v) is 5.45. The molecular formula is C13H25IN4S. The van der Waals surface area contributed by atoms with Gasteiger partial charge in [-0.2, -0.15) is 0 Å². The SMILES string of the molecule is CCCCN(C)C(=NC)NCc1ncc(CC)s1.I. The summed E-state index contributed by atoms with van der Waals surface area (Å²) >= 11 is 1.77. The van der Waals surface area contributed by atoms with Gasteiger partial charge in [0.25, 0.3) is 0 Å². The van der Waals surface area contributed by atoms with Gasteiger partial charge in [-0.05, 0) is 12.8 Å². The molecule has 19 heavy (non-hydrogen) atoms. The van der Waals surface area contributed by atoms with Crippen molar-refractivity contribution in [2.45, 2.75) is 39.7 Å². The van der Waals surface area contributed by atoms with Crippen LogP contribution in [0, 0.1) is 0 Å². The van der Waals surface area contributed by atoms with Crippen LogP contribution in [0.3, 0.4) is 0 Å². The van der Waals surface area contributed by atoms with E-state index in [4.69, 9.17) is 0 Å². The van der Waals surface area contributed by atoms with E-state index in [2.05, 4.69) is 41.1 Å².